The van der Waals surface area contributed by atoms with Crippen LogP contribution in [-0.4, -0.2) is 33.5 Å². The van der Waals surface area contributed by atoms with E-state index in [1.54, 1.807) is 20.8 Å². The van der Waals surface area contributed by atoms with Gasteiger partial charge in [-0.2, -0.15) is 0 Å². The number of benzene rings is 1. The van der Waals surface area contributed by atoms with Crippen molar-refractivity contribution < 1.29 is 14.3 Å². The van der Waals surface area contributed by atoms with Crippen LogP contribution in [0.3, 0.4) is 0 Å². The minimum atomic E-state index is -0.846. The molecule has 3 aromatic rings. The number of hydrogen-bond acceptors (Lipinski definition) is 4. The first-order valence-electron chi connectivity index (χ1n) is 9.98. The van der Waals surface area contributed by atoms with Crippen LogP contribution in [-0.2, 0) is 16.0 Å². The van der Waals surface area contributed by atoms with E-state index < -0.39 is 17.7 Å². The van der Waals surface area contributed by atoms with Gasteiger partial charge >= 0.3 is 6.09 Å². The predicted octanol–water partition coefficient (Wildman–Crippen LogP) is 3.57. The van der Waals surface area contributed by atoms with Crippen LogP contribution < -0.4 is 10.6 Å². The number of amides is 2. The van der Waals surface area contributed by atoms with E-state index in [1.165, 1.54) is 0 Å². The highest BCUT2D eigenvalue weighted by atomic mass is 16.6. The fourth-order valence-corrected chi connectivity index (χ4v) is 3.01. The van der Waals surface area contributed by atoms with Crippen LogP contribution in [0.5, 0.6) is 0 Å². The van der Waals surface area contributed by atoms with Crippen LogP contribution >= 0.6 is 0 Å². The lowest BCUT2D eigenvalue weighted by Crippen LogP contribution is -2.43. The van der Waals surface area contributed by atoms with Gasteiger partial charge in [-0.3, -0.25) is 4.79 Å². The highest BCUT2D eigenvalue weighted by Crippen LogP contribution is 2.16. The number of rotatable bonds is 6. The quantitative estimate of drug-likeness (QED) is 0.653. The number of imidazole rings is 1. The molecule has 2 heterocycles. The van der Waals surface area contributed by atoms with Crippen LogP contribution in [0.1, 0.15) is 43.6 Å². The first-order valence-corrected chi connectivity index (χ1v) is 9.98. The average Bonchev–Trinajstić information content (AvgIpc) is 3.08. The Morgan fingerprint density at radius 3 is 2.53 bits per heavy atom. The van der Waals surface area contributed by atoms with Gasteiger partial charge in [0, 0.05) is 25.4 Å². The summed E-state index contributed by atoms with van der Waals surface area (Å²) in [5.74, 6) is -0.298. The summed E-state index contributed by atoms with van der Waals surface area (Å²) in [5, 5.41) is 5.58. The van der Waals surface area contributed by atoms with Crippen molar-refractivity contribution in [1.82, 2.24) is 20.0 Å². The van der Waals surface area contributed by atoms with Gasteiger partial charge in [0.2, 0.25) is 5.91 Å². The molecule has 30 heavy (non-hydrogen) atoms. The van der Waals surface area contributed by atoms with E-state index in [4.69, 9.17) is 4.74 Å². The van der Waals surface area contributed by atoms with E-state index in [2.05, 4.69) is 15.6 Å². The third kappa shape index (κ3) is 5.83. The Kier molecular flexibility index (Phi) is 6.40. The highest BCUT2D eigenvalue weighted by molar-refractivity contribution is 5.87. The van der Waals surface area contributed by atoms with Crippen molar-refractivity contribution in [3.05, 3.63) is 71.7 Å². The summed E-state index contributed by atoms with van der Waals surface area (Å²) in [7, 11) is 0. The lowest BCUT2D eigenvalue weighted by molar-refractivity contribution is -0.123. The average molecular weight is 409 g/mol. The smallest absolute Gasteiger partial charge is 0.408 e. The number of nitrogens with zero attached hydrogens (tertiary/aromatic N) is 2. The number of nitrogens with one attached hydrogen (secondary N) is 2. The molecule has 2 aromatic heterocycles. The van der Waals surface area contributed by atoms with Gasteiger partial charge in [0.15, 0.2) is 0 Å². The molecule has 0 unspecified atom stereocenters. The van der Waals surface area contributed by atoms with E-state index >= 15 is 0 Å². The maximum atomic E-state index is 12.9. The van der Waals surface area contributed by atoms with Crippen molar-refractivity contribution in [2.75, 3.05) is 6.54 Å². The fourth-order valence-electron chi connectivity index (χ4n) is 3.01. The Labute approximate surface area is 176 Å². The second-order valence-corrected chi connectivity index (χ2v) is 8.23. The molecule has 0 aliphatic heterocycles. The first-order chi connectivity index (χ1) is 14.2. The number of aromatic nitrogens is 2. The molecule has 0 spiro atoms. The van der Waals surface area contributed by atoms with E-state index in [0.29, 0.717) is 18.5 Å². The van der Waals surface area contributed by atoms with Crippen molar-refractivity contribution >= 4 is 17.6 Å². The van der Waals surface area contributed by atoms with Gasteiger partial charge in [0.25, 0.3) is 0 Å². The molecule has 0 aliphatic carbocycles. The molecule has 2 amide bonds. The summed E-state index contributed by atoms with van der Waals surface area (Å²) in [6.45, 7) is 7.71. The normalized spacial score (nSPS) is 12.4. The molecule has 1 atom stereocenters. The molecule has 0 aliphatic rings. The Morgan fingerprint density at radius 2 is 1.87 bits per heavy atom. The standard InChI is InChI=1S/C23H28N4O3/c1-16-8-10-17(11-9-16)20(26-22(29)30-23(2,3)4)21(28)24-13-12-18-15-27-14-6-5-7-19(27)25-18/h5-11,14-15,20H,12-13H2,1-4H3,(H,24,28)(H,26,29)/t20-/m1/s1. The third-order valence-corrected chi connectivity index (χ3v) is 4.43. The van der Waals surface area contributed by atoms with Gasteiger partial charge in [-0.15, -0.1) is 0 Å². The van der Waals surface area contributed by atoms with Crippen molar-refractivity contribution in [1.29, 1.82) is 0 Å². The summed E-state index contributed by atoms with van der Waals surface area (Å²) in [5.41, 5.74) is 2.86. The lowest BCUT2D eigenvalue weighted by atomic mass is 10.0. The highest BCUT2D eigenvalue weighted by Gasteiger charge is 2.25. The SMILES string of the molecule is Cc1ccc([C@@H](NC(=O)OC(C)(C)C)C(=O)NCCc2cn3ccccc3n2)cc1. The van der Waals surface area contributed by atoms with Gasteiger partial charge in [-0.25, -0.2) is 9.78 Å². The zero-order chi connectivity index (χ0) is 21.7. The molecule has 158 valence electrons. The van der Waals surface area contributed by atoms with E-state index in [-0.39, 0.29) is 5.91 Å². The monoisotopic (exact) mass is 408 g/mol. The molecular formula is C23H28N4O3. The zero-order valence-electron chi connectivity index (χ0n) is 17.8. The molecule has 1 aromatic carbocycles. The second-order valence-electron chi connectivity index (χ2n) is 8.23. The van der Waals surface area contributed by atoms with Gasteiger partial charge < -0.3 is 19.8 Å². The zero-order valence-corrected chi connectivity index (χ0v) is 17.8. The van der Waals surface area contributed by atoms with Crippen LogP contribution in [0.4, 0.5) is 4.79 Å². The van der Waals surface area contributed by atoms with Crippen molar-refractivity contribution in [3.8, 4) is 0 Å². The molecule has 7 heteroatoms. The number of aryl methyl sites for hydroxylation is 1. The molecule has 0 fully saturated rings. The van der Waals surface area contributed by atoms with Crippen molar-refractivity contribution in [2.45, 2.75) is 45.8 Å². The maximum Gasteiger partial charge on any atom is 0.408 e. The molecular weight excluding hydrogens is 380 g/mol. The number of pyridine rings is 1. The minimum absolute atomic E-state index is 0.298. The van der Waals surface area contributed by atoms with Gasteiger partial charge in [-0.1, -0.05) is 35.9 Å². The third-order valence-electron chi connectivity index (χ3n) is 4.43. The van der Waals surface area contributed by atoms with E-state index in [0.717, 1.165) is 16.9 Å². The Morgan fingerprint density at radius 1 is 1.13 bits per heavy atom. The van der Waals surface area contributed by atoms with Crippen LogP contribution in [0.25, 0.3) is 5.65 Å². The second kappa shape index (κ2) is 8.98. The Balaban J connectivity index is 1.66. The number of carbonyl (C=O) groups excluding carboxylic acids is 2. The summed E-state index contributed by atoms with van der Waals surface area (Å²) in [6, 6.07) is 12.4. The summed E-state index contributed by atoms with van der Waals surface area (Å²) >= 11 is 0. The van der Waals surface area contributed by atoms with Gasteiger partial charge in [-0.05, 0) is 45.4 Å². The molecule has 3 rings (SSSR count). The number of carbonyl (C=O) groups is 2. The molecule has 7 nitrogen and oxygen atoms in total. The lowest BCUT2D eigenvalue weighted by Gasteiger charge is -2.23. The van der Waals surface area contributed by atoms with Crippen LogP contribution in [0, 0.1) is 6.92 Å². The maximum absolute atomic E-state index is 12.9. The van der Waals surface area contributed by atoms with Crippen LogP contribution in [0.15, 0.2) is 54.9 Å². The van der Waals surface area contributed by atoms with E-state index in [1.807, 2.05) is 66.2 Å². The number of hydrogen-bond donors (Lipinski definition) is 2. The van der Waals surface area contributed by atoms with Crippen molar-refractivity contribution in [3.63, 3.8) is 0 Å². The number of alkyl carbamates (subject to hydrolysis) is 1. The summed E-state index contributed by atoms with van der Waals surface area (Å²) in [4.78, 5) is 29.7. The molecule has 0 saturated heterocycles. The first kappa shape index (κ1) is 21.4. The minimum Gasteiger partial charge on any atom is -0.444 e. The Bertz CT molecular complexity index is 986. The fraction of sp³-hybridized carbons (Fsp3) is 0.348. The largest absolute Gasteiger partial charge is 0.444 e. The van der Waals surface area contributed by atoms with Gasteiger partial charge in [0.1, 0.15) is 17.3 Å². The molecule has 0 saturated carbocycles. The van der Waals surface area contributed by atoms with Crippen LogP contribution in [0.2, 0.25) is 0 Å². The summed E-state index contributed by atoms with van der Waals surface area (Å²) < 4.78 is 7.27. The van der Waals surface area contributed by atoms with E-state index in [9.17, 15) is 9.59 Å². The molecule has 2 N–H and O–H groups in total. The predicted molar refractivity (Wildman–Crippen MR) is 115 cm³/mol. The molecule has 0 bridgehead atoms. The van der Waals surface area contributed by atoms with Gasteiger partial charge in [0.05, 0.1) is 5.69 Å². The molecule has 0 radical (unpaired) electrons. The summed E-state index contributed by atoms with van der Waals surface area (Å²) in [6.07, 6.45) is 3.82. The number of ether oxygens (including phenoxy) is 1. The topological polar surface area (TPSA) is 84.7 Å². The van der Waals surface area contributed by atoms with Crippen molar-refractivity contribution in [2.24, 2.45) is 0 Å². The Hall–Kier alpha value is -3.35. The number of fused-ring (bicyclic) bond motifs is 1.